The fourth-order valence-electron chi connectivity index (χ4n) is 6.17. The number of carbonyl (C=O) groups excluding carboxylic acids is 5. The van der Waals surface area contributed by atoms with E-state index in [0.717, 1.165) is 30.9 Å². The summed E-state index contributed by atoms with van der Waals surface area (Å²) in [5, 5.41) is 16.3. The Bertz CT molecular complexity index is 2060. The molecule has 2 aromatic heterocycles. The molecule has 4 atom stereocenters. The molecule has 4 heterocycles. The Morgan fingerprint density at radius 1 is 0.702 bits per heavy atom. The number of carbonyl (C=O) groups is 6. The van der Waals surface area contributed by atoms with Gasteiger partial charge in [-0.1, -0.05) is 38.1 Å². The van der Waals surface area contributed by atoms with Crippen molar-refractivity contribution in [1.82, 2.24) is 20.2 Å². The van der Waals surface area contributed by atoms with Gasteiger partial charge in [0, 0.05) is 25.0 Å². The van der Waals surface area contributed by atoms with E-state index in [1.807, 2.05) is 24.4 Å². The first-order valence-electron chi connectivity index (χ1n) is 18.0. The minimum Gasteiger partial charge on any atom is -0.474 e. The summed E-state index contributed by atoms with van der Waals surface area (Å²) in [4.78, 5) is 77.2. The van der Waals surface area contributed by atoms with Gasteiger partial charge < -0.3 is 37.4 Å². The predicted octanol–water partition coefficient (Wildman–Crippen LogP) is 4.35. The Morgan fingerprint density at radius 3 is 1.67 bits per heavy atom. The van der Waals surface area contributed by atoms with Gasteiger partial charge in [-0.2, -0.15) is 0 Å². The number of primary amides is 2. The smallest absolute Gasteiger partial charge is 0.394 e. The van der Waals surface area contributed by atoms with Crippen LogP contribution in [0.1, 0.15) is 83.5 Å². The second-order valence-corrected chi connectivity index (χ2v) is 13.8. The number of hydrogen-bond acceptors (Lipinski definition) is 9. The highest BCUT2D eigenvalue weighted by Crippen LogP contribution is 2.33. The van der Waals surface area contributed by atoms with Gasteiger partial charge in [0.1, 0.15) is 11.6 Å². The molecule has 4 aromatic rings. The largest absolute Gasteiger partial charge is 0.474 e. The average Bonchev–Trinajstić information content (AvgIpc) is 3.19. The molecule has 2 fully saturated rings. The average molecular weight is 787 g/mol. The molecule has 2 saturated heterocycles. The summed E-state index contributed by atoms with van der Waals surface area (Å²) in [6, 6.07) is 15.5. The standard InChI is InChI=1S/C20H21FN4O3.C12H16FN.C8H7N3O4/c1-12-2-7-17(13-3-5-15(21)6-4-13)25(11-12)20(28)19(27)24-16-8-14(18(22)26)9-23-10-16;1-9-2-7-12(14-8-9)10-3-5-11(13)6-4-10;9-6(12)4-1-5(3-10-2-4)11-7(13)8(14)15/h3-6,8-10,12,17H,2,7,11H2,1H3,(H2,22,26)(H,24,27);3-6,9,12,14H,2,7-8H2,1H3;1-3H,(H2,9,12)(H,11,13)(H,14,15)/t12-,17+;9-,12+;/m00./s1. The van der Waals surface area contributed by atoms with Crippen molar-refractivity contribution in [1.29, 1.82) is 0 Å². The molecule has 15 nitrogen and oxygen atoms in total. The van der Waals surface area contributed by atoms with E-state index in [9.17, 15) is 37.5 Å². The van der Waals surface area contributed by atoms with Crippen LogP contribution in [0.3, 0.4) is 0 Å². The predicted molar refractivity (Wildman–Crippen MR) is 205 cm³/mol. The molecule has 0 bridgehead atoms. The molecule has 17 heteroatoms. The number of carboxylic acid groups (broad SMARTS) is 1. The normalized spacial score (nSPS) is 18.6. The third kappa shape index (κ3) is 13.0. The number of hydrogen-bond donors (Lipinski definition) is 6. The van der Waals surface area contributed by atoms with Gasteiger partial charge in [0.25, 0.3) is 0 Å². The van der Waals surface area contributed by atoms with Crippen LogP contribution in [-0.4, -0.2) is 68.6 Å². The summed E-state index contributed by atoms with van der Waals surface area (Å²) < 4.78 is 25.9. The fourth-order valence-corrected chi connectivity index (χ4v) is 6.17. The highest BCUT2D eigenvalue weighted by atomic mass is 19.1. The second kappa shape index (κ2) is 20.3. The third-order valence-electron chi connectivity index (χ3n) is 9.22. The second-order valence-electron chi connectivity index (χ2n) is 13.8. The summed E-state index contributed by atoms with van der Waals surface area (Å²) in [6.07, 6.45) is 9.01. The first-order valence-corrected chi connectivity index (χ1v) is 18.0. The highest BCUT2D eigenvalue weighted by molar-refractivity contribution is 6.39. The molecule has 57 heavy (non-hydrogen) atoms. The summed E-state index contributed by atoms with van der Waals surface area (Å²) in [5.41, 5.74) is 12.7. The van der Waals surface area contributed by atoms with E-state index in [1.54, 1.807) is 12.1 Å². The number of nitrogens with one attached hydrogen (secondary N) is 3. The molecule has 0 aliphatic carbocycles. The van der Waals surface area contributed by atoms with Gasteiger partial charge >= 0.3 is 23.7 Å². The van der Waals surface area contributed by atoms with Gasteiger partial charge in [0.2, 0.25) is 11.8 Å². The third-order valence-corrected chi connectivity index (χ3v) is 9.22. The number of carboxylic acids is 1. The van der Waals surface area contributed by atoms with Crippen LogP contribution in [0.5, 0.6) is 0 Å². The molecule has 2 aliphatic heterocycles. The number of pyridine rings is 2. The van der Waals surface area contributed by atoms with E-state index in [-0.39, 0.29) is 46.1 Å². The molecular weight excluding hydrogens is 742 g/mol. The fraction of sp³-hybridized carbons (Fsp3) is 0.300. The zero-order valence-electron chi connectivity index (χ0n) is 31.3. The minimum atomic E-state index is -1.63. The van der Waals surface area contributed by atoms with Gasteiger partial charge in [0.05, 0.1) is 40.9 Å². The highest BCUT2D eigenvalue weighted by Gasteiger charge is 2.34. The lowest BCUT2D eigenvalue weighted by Crippen LogP contribution is -2.46. The Kier molecular flexibility index (Phi) is 15.4. The molecule has 6 rings (SSSR count). The molecule has 0 saturated carbocycles. The van der Waals surface area contributed by atoms with Crippen molar-refractivity contribution >= 4 is 46.9 Å². The number of piperidine rings is 2. The summed E-state index contributed by atoms with van der Waals surface area (Å²) in [7, 11) is 0. The lowest BCUT2D eigenvalue weighted by atomic mass is 9.90. The molecule has 2 aromatic carbocycles. The molecule has 300 valence electrons. The van der Waals surface area contributed by atoms with E-state index in [2.05, 4.69) is 27.5 Å². The lowest BCUT2D eigenvalue weighted by molar-refractivity contribution is -0.147. The number of benzene rings is 2. The lowest BCUT2D eigenvalue weighted by Gasteiger charge is -2.38. The van der Waals surface area contributed by atoms with Crippen molar-refractivity contribution in [2.45, 2.75) is 51.6 Å². The summed E-state index contributed by atoms with van der Waals surface area (Å²) in [5.74, 6) is -5.25. The molecule has 2 aliphatic rings. The van der Waals surface area contributed by atoms with Crippen LogP contribution in [-0.2, 0) is 19.2 Å². The topological polar surface area (TPSA) is 240 Å². The van der Waals surface area contributed by atoms with Crippen LogP contribution in [0.15, 0.2) is 85.5 Å². The van der Waals surface area contributed by atoms with Crippen LogP contribution in [0, 0.1) is 23.5 Å². The van der Waals surface area contributed by atoms with Crippen LogP contribution in [0.2, 0.25) is 0 Å². The van der Waals surface area contributed by atoms with Crippen molar-refractivity contribution in [3.8, 4) is 0 Å². The van der Waals surface area contributed by atoms with E-state index < -0.39 is 35.5 Å². The van der Waals surface area contributed by atoms with Crippen LogP contribution >= 0.6 is 0 Å². The summed E-state index contributed by atoms with van der Waals surface area (Å²) >= 11 is 0. The zero-order chi connectivity index (χ0) is 41.6. The quantitative estimate of drug-likeness (QED) is 0.151. The Hall–Kier alpha value is -6.62. The van der Waals surface area contributed by atoms with Crippen LogP contribution in [0.4, 0.5) is 20.2 Å². The molecule has 0 radical (unpaired) electrons. The first kappa shape index (κ1) is 43.1. The number of rotatable bonds is 6. The maximum absolute atomic E-state index is 13.2. The number of aromatic nitrogens is 2. The molecular formula is C40H44F2N8O7. The van der Waals surface area contributed by atoms with E-state index >= 15 is 0 Å². The van der Waals surface area contributed by atoms with Gasteiger partial charge in [-0.25, -0.2) is 13.6 Å². The van der Waals surface area contributed by atoms with Crippen molar-refractivity contribution in [2.75, 3.05) is 23.7 Å². The Morgan fingerprint density at radius 2 is 1.19 bits per heavy atom. The summed E-state index contributed by atoms with van der Waals surface area (Å²) in [6.45, 7) is 5.77. The van der Waals surface area contributed by atoms with Gasteiger partial charge in [-0.3, -0.25) is 33.9 Å². The number of halogens is 2. The SMILES string of the molecule is C[C@H]1CC[C@H](c2ccc(F)cc2)N(C(=O)C(=O)Nc2cncc(C(N)=O)c2)C1.C[C@H]1CC[C@H](c2ccc(F)cc2)NC1.NC(=O)c1cncc(NC(=O)C(=O)O)c1. The van der Waals surface area contributed by atoms with Crippen LogP contribution < -0.4 is 27.4 Å². The van der Waals surface area contributed by atoms with Gasteiger partial charge in [-0.15, -0.1) is 0 Å². The van der Waals surface area contributed by atoms with Crippen molar-refractivity contribution in [2.24, 2.45) is 23.3 Å². The van der Waals surface area contributed by atoms with Gasteiger partial charge in [-0.05, 0) is 91.6 Å². The zero-order valence-corrected chi connectivity index (χ0v) is 31.3. The number of aliphatic carboxylic acids is 1. The number of likely N-dealkylation sites (tertiary alicyclic amines) is 1. The number of anilines is 2. The number of amides is 5. The molecule has 8 N–H and O–H groups in total. The van der Waals surface area contributed by atoms with E-state index in [0.29, 0.717) is 19.0 Å². The number of nitrogens with zero attached hydrogens (tertiary/aromatic N) is 3. The molecule has 5 amide bonds. The monoisotopic (exact) mass is 786 g/mol. The van der Waals surface area contributed by atoms with Crippen molar-refractivity contribution < 1.29 is 42.7 Å². The Labute approximate surface area is 327 Å². The first-order chi connectivity index (χ1) is 27.1. The minimum absolute atomic E-state index is 0.0817. The molecule has 0 unspecified atom stereocenters. The van der Waals surface area contributed by atoms with Crippen molar-refractivity contribution in [3.63, 3.8) is 0 Å². The van der Waals surface area contributed by atoms with Crippen molar-refractivity contribution in [3.05, 3.63) is 119 Å². The molecule has 0 spiro atoms. The van der Waals surface area contributed by atoms with E-state index in [4.69, 9.17) is 16.6 Å². The number of nitrogens with two attached hydrogens (primary N) is 2. The maximum Gasteiger partial charge on any atom is 0.394 e. The van der Waals surface area contributed by atoms with Gasteiger partial charge in [0.15, 0.2) is 0 Å². The van der Waals surface area contributed by atoms with Crippen LogP contribution in [0.25, 0.3) is 0 Å². The van der Waals surface area contributed by atoms with E-state index in [1.165, 1.54) is 78.1 Å². The maximum atomic E-state index is 13.2. The Balaban J connectivity index is 0.000000209.